The Labute approximate surface area is 121 Å². The number of Topliss-reactive ketones (excluding diaryl/α,β-unsaturated/α-hetero) is 1. The van der Waals surface area contributed by atoms with Gasteiger partial charge in [-0.3, -0.25) is 9.59 Å². The number of nitrogens with one attached hydrogen (secondary N) is 1. The number of carbonyl (C=O) groups is 2. The highest BCUT2D eigenvalue weighted by Crippen LogP contribution is 2.24. The van der Waals surface area contributed by atoms with E-state index in [0.29, 0.717) is 17.9 Å². The summed E-state index contributed by atoms with van der Waals surface area (Å²) < 4.78 is 6.37. The predicted octanol–water partition coefficient (Wildman–Crippen LogP) is 2.95. The number of rotatable bonds is 6. The topological polar surface area (TPSA) is 55.4 Å². The average Bonchev–Trinajstić information content (AvgIpc) is 2.37. The van der Waals surface area contributed by atoms with Crippen molar-refractivity contribution in [1.82, 2.24) is 5.32 Å². The molecule has 1 N–H and O–H groups in total. The van der Waals surface area contributed by atoms with Gasteiger partial charge in [-0.15, -0.1) is 0 Å². The number of ether oxygens (including phenoxy) is 1. The summed E-state index contributed by atoms with van der Waals surface area (Å²) in [6.07, 6.45) is 0.237. The van der Waals surface area contributed by atoms with Crippen LogP contribution in [0.15, 0.2) is 22.7 Å². The zero-order valence-electron chi connectivity index (χ0n) is 11.3. The lowest BCUT2D eigenvalue weighted by molar-refractivity contribution is -0.127. The molecule has 0 aliphatic carbocycles. The van der Waals surface area contributed by atoms with Crippen LogP contribution in [-0.4, -0.2) is 24.3 Å². The molecular formula is C14H18BrNO3. The Kier molecular flexibility index (Phi) is 6.02. The second-order valence-corrected chi connectivity index (χ2v) is 5.16. The highest BCUT2D eigenvalue weighted by molar-refractivity contribution is 9.10. The summed E-state index contributed by atoms with van der Waals surface area (Å²) >= 11 is 3.31. The second-order valence-electron chi connectivity index (χ2n) is 4.25. The Balaban J connectivity index is 2.81. The fourth-order valence-electron chi connectivity index (χ4n) is 1.52. The molecule has 1 aromatic rings. The van der Waals surface area contributed by atoms with E-state index >= 15 is 0 Å². The first kappa shape index (κ1) is 15.7. The molecule has 0 aliphatic heterocycles. The SMILES string of the molecule is CCCNC(=O)C(C)Oc1ccc(Br)cc1C(C)=O. The molecule has 1 amide bonds. The molecule has 0 aliphatic rings. The van der Waals surface area contributed by atoms with Crippen molar-refractivity contribution in [2.75, 3.05) is 6.54 Å². The molecule has 0 heterocycles. The first-order valence-corrected chi connectivity index (χ1v) is 6.99. The van der Waals surface area contributed by atoms with Crippen LogP contribution in [0.2, 0.25) is 0 Å². The van der Waals surface area contributed by atoms with Crippen molar-refractivity contribution in [2.24, 2.45) is 0 Å². The van der Waals surface area contributed by atoms with Crippen LogP contribution in [0.3, 0.4) is 0 Å². The van der Waals surface area contributed by atoms with Crippen LogP contribution in [-0.2, 0) is 4.79 Å². The summed E-state index contributed by atoms with van der Waals surface area (Å²) in [6, 6.07) is 5.15. The Morgan fingerprint density at radius 3 is 2.68 bits per heavy atom. The molecule has 4 nitrogen and oxygen atoms in total. The quantitative estimate of drug-likeness (QED) is 0.817. The van der Waals surface area contributed by atoms with Crippen LogP contribution in [0.25, 0.3) is 0 Å². The number of benzene rings is 1. The van der Waals surface area contributed by atoms with Gasteiger partial charge in [-0.1, -0.05) is 22.9 Å². The maximum absolute atomic E-state index is 11.7. The minimum absolute atomic E-state index is 0.0996. The van der Waals surface area contributed by atoms with Gasteiger partial charge in [0, 0.05) is 11.0 Å². The van der Waals surface area contributed by atoms with Gasteiger partial charge in [0.1, 0.15) is 5.75 Å². The molecule has 1 rings (SSSR count). The molecule has 1 unspecified atom stereocenters. The lowest BCUT2D eigenvalue weighted by Crippen LogP contribution is -2.36. The standard InChI is InChI=1S/C14H18BrNO3/c1-4-7-16-14(18)10(3)19-13-6-5-11(15)8-12(13)9(2)17/h5-6,8,10H,4,7H2,1-3H3,(H,16,18). The van der Waals surface area contributed by atoms with Crippen LogP contribution < -0.4 is 10.1 Å². The summed E-state index contributed by atoms with van der Waals surface area (Å²) in [5.74, 6) is 0.145. The molecule has 1 atom stereocenters. The second kappa shape index (κ2) is 7.28. The van der Waals surface area contributed by atoms with Gasteiger partial charge in [0.05, 0.1) is 5.56 Å². The zero-order chi connectivity index (χ0) is 14.4. The van der Waals surface area contributed by atoms with Gasteiger partial charge in [0.2, 0.25) is 0 Å². The molecule has 0 aromatic heterocycles. The third-order valence-electron chi connectivity index (χ3n) is 2.54. The van der Waals surface area contributed by atoms with Crippen LogP contribution in [0.5, 0.6) is 5.75 Å². The Morgan fingerprint density at radius 1 is 1.42 bits per heavy atom. The summed E-state index contributed by atoms with van der Waals surface area (Å²) in [4.78, 5) is 23.3. The highest BCUT2D eigenvalue weighted by Gasteiger charge is 2.17. The number of amides is 1. The maximum Gasteiger partial charge on any atom is 0.260 e. The van der Waals surface area contributed by atoms with Gasteiger partial charge < -0.3 is 10.1 Å². The normalized spacial score (nSPS) is 11.8. The summed E-state index contributed by atoms with van der Waals surface area (Å²) in [7, 11) is 0. The van der Waals surface area contributed by atoms with Crippen LogP contribution in [0.1, 0.15) is 37.6 Å². The van der Waals surface area contributed by atoms with Crippen LogP contribution >= 0.6 is 15.9 Å². The lowest BCUT2D eigenvalue weighted by atomic mass is 10.1. The van der Waals surface area contributed by atoms with Crippen LogP contribution in [0.4, 0.5) is 0 Å². The summed E-state index contributed by atoms with van der Waals surface area (Å²) in [5.41, 5.74) is 0.463. The Hall–Kier alpha value is -1.36. The van der Waals surface area contributed by atoms with Gasteiger partial charge >= 0.3 is 0 Å². The van der Waals surface area contributed by atoms with Crippen molar-refractivity contribution >= 4 is 27.6 Å². The molecule has 0 bridgehead atoms. The third-order valence-corrected chi connectivity index (χ3v) is 3.04. The van der Waals surface area contributed by atoms with E-state index in [1.807, 2.05) is 6.92 Å². The number of halogens is 1. The minimum atomic E-state index is -0.633. The Bertz CT molecular complexity index is 474. The Morgan fingerprint density at radius 2 is 2.11 bits per heavy atom. The molecule has 19 heavy (non-hydrogen) atoms. The fourth-order valence-corrected chi connectivity index (χ4v) is 1.88. The van der Waals surface area contributed by atoms with Gasteiger partial charge in [-0.25, -0.2) is 0 Å². The zero-order valence-corrected chi connectivity index (χ0v) is 12.9. The number of hydrogen-bond acceptors (Lipinski definition) is 3. The predicted molar refractivity (Wildman–Crippen MR) is 77.5 cm³/mol. The maximum atomic E-state index is 11.7. The molecule has 0 saturated carbocycles. The van der Waals surface area contributed by atoms with Crippen molar-refractivity contribution in [3.63, 3.8) is 0 Å². The van der Waals surface area contributed by atoms with Gasteiger partial charge in [0.15, 0.2) is 11.9 Å². The van der Waals surface area contributed by atoms with Gasteiger partial charge in [-0.2, -0.15) is 0 Å². The number of carbonyl (C=O) groups excluding carboxylic acids is 2. The molecule has 1 aromatic carbocycles. The number of hydrogen-bond donors (Lipinski definition) is 1. The van der Waals surface area contributed by atoms with E-state index in [-0.39, 0.29) is 11.7 Å². The monoisotopic (exact) mass is 327 g/mol. The van der Waals surface area contributed by atoms with Crippen LogP contribution in [0, 0.1) is 0 Å². The van der Waals surface area contributed by atoms with E-state index in [4.69, 9.17) is 4.74 Å². The van der Waals surface area contributed by atoms with E-state index in [1.165, 1.54) is 6.92 Å². The molecule has 5 heteroatoms. The van der Waals surface area contributed by atoms with Crippen molar-refractivity contribution < 1.29 is 14.3 Å². The van der Waals surface area contributed by atoms with E-state index < -0.39 is 6.10 Å². The smallest absolute Gasteiger partial charge is 0.260 e. The first-order valence-electron chi connectivity index (χ1n) is 6.20. The van der Waals surface area contributed by atoms with Gasteiger partial charge in [-0.05, 0) is 38.5 Å². The van der Waals surface area contributed by atoms with Crippen molar-refractivity contribution in [1.29, 1.82) is 0 Å². The largest absolute Gasteiger partial charge is 0.480 e. The van der Waals surface area contributed by atoms with E-state index in [0.717, 1.165) is 10.9 Å². The average molecular weight is 328 g/mol. The van der Waals surface area contributed by atoms with E-state index in [9.17, 15) is 9.59 Å². The molecule has 104 valence electrons. The van der Waals surface area contributed by atoms with Crippen molar-refractivity contribution in [2.45, 2.75) is 33.3 Å². The van der Waals surface area contributed by atoms with Crippen molar-refractivity contribution in [3.8, 4) is 5.75 Å². The molecule has 0 radical (unpaired) electrons. The van der Waals surface area contributed by atoms with E-state index in [1.54, 1.807) is 25.1 Å². The molecule has 0 fully saturated rings. The minimum Gasteiger partial charge on any atom is -0.480 e. The lowest BCUT2D eigenvalue weighted by Gasteiger charge is -2.16. The molecule has 0 saturated heterocycles. The van der Waals surface area contributed by atoms with Crippen molar-refractivity contribution in [3.05, 3.63) is 28.2 Å². The first-order chi connectivity index (χ1) is 8.95. The van der Waals surface area contributed by atoms with E-state index in [2.05, 4.69) is 21.2 Å². The van der Waals surface area contributed by atoms with Gasteiger partial charge in [0.25, 0.3) is 5.91 Å². The third kappa shape index (κ3) is 4.67. The molecule has 0 spiro atoms. The summed E-state index contributed by atoms with van der Waals surface area (Å²) in [5, 5.41) is 2.75. The highest BCUT2D eigenvalue weighted by atomic mass is 79.9. The molecular weight excluding hydrogens is 310 g/mol. The summed E-state index contributed by atoms with van der Waals surface area (Å²) in [6.45, 7) is 5.73. The fraction of sp³-hybridized carbons (Fsp3) is 0.429. The number of ketones is 1.